The van der Waals surface area contributed by atoms with Gasteiger partial charge in [0, 0.05) is 26.2 Å². The van der Waals surface area contributed by atoms with Gasteiger partial charge in [-0.1, -0.05) is 54.1 Å². The van der Waals surface area contributed by atoms with Gasteiger partial charge in [0.25, 0.3) is 5.91 Å². The molecule has 0 aromatic heterocycles. The number of rotatable bonds is 9. The maximum atomic E-state index is 12.1. The number of hydrogen-bond acceptors (Lipinski definition) is 2. The molecule has 0 aliphatic heterocycles. The fourth-order valence-electron chi connectivity index (χ4n) is 2.56. The molecule has 1 amide bonds. The molecule has 0 unspecified atom stereocenters. The zero-order valence-electron chi connectivity index (χ0n) is 15.7. The number of hydrogen-bond donors (Lipinski definition) is 3. The van der Waals surface area contributed by atoms with E-state index in [1.165, 1.54) is 5.56 Å². The summed E-state index contributed by atoms with van der Waals surface area (Å²) >= 11 is 6.03. The molecule has 0 radical (unpaired) electrons. The van der Waals surface area contributed by atoms with Gasteiger partial charge in [-0.25, -0.2) is 0 Å². The van der Waals surface area contributed by atoms with E-state index in [9.17, 15) is 4.79 Å². The van der Waals surface area contributed by atoms with Crippen LogP contribution in [0.3, 0.4) is 0 Å². The summed E-state index contributed by atoms with van der Waals surface area (Å²) in [6.07, 6.45) is 2.00. The number of nitrogens with zero attached hydrogens (tertiary/aromatic N) is 1. The monoisotopic (exact) mass is 386 g/mol. The number of carbonyl (C=O) groups is 1. The summed E-state index contributed by atoms with van der Waals surface area (Å²) in [6.45, 7) is 4.63. The lowest BCUT2D eigenvalue weighted by Crippen LogP contribution is -2.41. The number of aliphatic imine (C=N–C) groups is 1. The molecule has 6 heteroatoms. The van der Waals surface area contributed by atoms with Crippen LogP contribution in [0.2, 0.25) is 5.02 Å². The van der Waals surface area contributed by atoms with Crippen LogP contribution in [0.4, 0.5) is 0 Å². The molecular weight excluding hydrogens is 360 g/mol. The first-order valence-electron chi connectivity index (χ1n) is 9.29. The van der Waals surface area contributed by atoms with Crippen molar-refractivity contribution < 1.29 is 4.79 Å². The molecule has 5 nitrogen and oxygen atoms in total. The van der Waals surface area contributed by atoms with E-state index in [0.717, 1.165) is 31.9 Å². The Kier molecular flexibility index (Phi) is 9.21. The Morgan fingerprint density at radius 3 is 2.41 bits per heavy atom. The minimum absolute atomic E-state index is 0.174. The smallest absolute Gasteiger partial charge is 0.252 e. The van der Waals surface area contributed by atoms with Crippen LogP contribution in [0.15, 0.2) is 59.6 Å². The van der Waals surface area contributed by atoms with Gasteiger partial charge < -0.3 is 16.0 Å². The molecule has 27 heavy (non-hydrogen) atoms. The van der Waals surface area contributed by atoms with Crippen molar-refractivity contribution in [2.75, 3.05) is 26.2 Å². The highest BCUT2D eigenvalue weighted by atomic mass is 35.5. The van der Waals surface area contributed by atoms with E-state index >= 15 is 0 Å². The molecule has 0 saturated heterocycles. The van der Waals surface area contributed by atoms with E-state index in [4.69, 9.17) is 11.6 Å². The molecule has 3 N–H and O–H groups in total. The third kappa shape index (κ3) is 7.71. The van der Waals surface area contributed by atoms with Crippen molar-refractivity contribution in [3.05, 3.63) is 70.7 Å². The van der Waals surface area contributed by atoms with E-state index in [1.807, 2.05) is 13.0 Å². The van der Waals surface area contributed by atoms with Gasteiger partial charge in [0.1, 0.15) is 0 Å². The second-order valence-electron chi connectivity index (χ2n) is 6.01. The number of guanidine groups is 1. The minimum Gasteiger partial charge on any atom is -0.357 e. The quantitative estimate of drug-likeness (QED) is 0.352. The summed E-state index contributed by atoms with van der Waals surface area (Å²) in [4.78, 5) is 16.7. The third-order valence-electron chi connectivity index (χ3n) is 3.90. The van der Waals surface area contributed by atoms with Crippen molar-refractivity contribution in [2.45, 2.75) is 19.8 Å². The molecule has 2 aromatic rings. The molecular formula is C21H27ClN4O. The summed E-state index contributed by atoms with van der Waals surface area (Å²) in [7, 11) is 0. The van der Waals surface area contributed by atoms with Crippen molar-refractivity contribution in [1.82, 2.24) is 16.0 Å². The van der Waals surface area contributed by atoms with Crippen molar-refractivity contribution in [2.24, 2.45) is 4.99 Å². The van der Waals surface area contributed by atoms with Crippen LogP contribution < -0.4 is 16.0 Å². The lowest BCUT2D eigenvalue weighted by atomic mass is 10.1. The third-order valence-corrected chi connectivity index (χ3v) is 4.23. The second kappa shape index (κ2) is 12.0. The molecule has 0 atom stereocenters. The maximum Gasteiger partial charge on any atom is 0.252 e. The summed E-state index contributed by atoms with van der Waals surface area (Å²) in [5.41, 5.74) is 1.81. The Balaban J connectivity index is 1.70. The van der Waals surface area contributed by atoms with Gasteiger partial charge in [0.2, 0.25) is 0 Å². The largest absolute Gasteiger partial charge is 0.357 e. The van der Waals surface area contributed by atoms with Crippen LogP contribution in [0, 0.1) is 0 Å². The number of benzene rings is 2. The Hall–Kier alpha value is -2.53. The molecule has 2 aromatic carbocycles. The maximum absolute atomic E-state index is 12.1. The molecule has 0 heterocycles. The van der Waals surface area contributed by atoms with E-state index in [2.05, 4.69) is 45.2 Å². The average Bonchev–Trinajstić information content (AvgIpc) is 2.69. The van der Waals surface area contributed by atoms with E-state index in [-0.39, 0.29) is 5.91 Å². The predicted octanol–water partition coefficient (Wildman–Crippen LogP) is 3.26. The summed E-state index contributed by atoms with van der Waals surface area (Å²) < 4.78 is 0. The molecule has 0 saturated carbocycles. The van der Waals surface area contributed by atoms with Crippen LogP contribution in [0.1, 0.15) is 29.3 Å². The number of amides is 1. The predicted molar refractivity (Wildman–Crippen MR) is 113 cm³/mol. The highest BCUT2D eigenvalue weighted by molar-refractivity contribution is 6.33. The average molecular weight is 387 g/mol. The SMILES string of the molecule is CCNC(=NCCCc1ccccc1)NCCNC(=O)c1ccccc1Cl. The minimum atomic E-state index is -0.174. The Bertz CT molecular complexity index is 734. The van der Waals surface area contributed by atoms with E-state index < -0.39 is 0 Å². The summed E-state index contributed by atoms with van der Waals surface area (Å²) in [5, 5.41) is 9.76. The van der Waals surface area contributed by atoms with Gasteiger partial charge in [-0.2, -0.15) is 0 Å². The van der Waals surface area contributed by atoms with Gasteiger partial charge in [-0.05, 0) is 37.5 Å². The molecule has 144 valence electrons. The standard InChI is InChI=1S/C21H27ClN4O/c1-2-23-21(25-14-8-11-17-9-4-3-5-10-17)26-16-15-24-20(27)18-12-6-7-13-19(18)22/h3-7,9-10,12-13H,2,8,11,14-16H2,1H3,(H,24,27)(H2,23,25,26). The molecule has 0 bridgehead atoms. The molecule has 0 spiro atoms. The number of nitrogens with one attached hydrogen (secondary N) is 3. The first-order valence-corrected chi connectivity index (χ1v) is 9.67. The summed E-state index contributed by atoms with van der Waals surface area (Å²) in [5.74, 6) is 0.588. The molecule has 2 rings (SSSR count). The van der Waals surface area contributed by atoms with Crippen molar-refractivity contribution >= 4 is 23.5 Å². The van der Waals surface area contributed by atoms with Crippen LogP contribution in [0.5, 0.6) is 0 Å². The zero-order valence-corrected chi connectivity index (χ0v) is 16.4. The normalized spacial score (nSPS) is 11.1. The lowest BCUT2D eigenvalue weighted by Gasteiger charge is -2.12. The first kappa shape index (κ1) is 20.8. The van der Waals surface area contributed by atoms with Crippen LogP contribution in [-0.2, 0) is 6.42 Å². The highest BCUT2D eigenvalue weighted by Gasteiger charge is 2.08. The van der Waals surface area contributed by atoms with Crippen LogP contribution in [-0.4, -0.2) is 38.0 Å². The van der Waals surface area contributed by atoms with E-state index in [1.54, 1.807) is 24.3 Å². The molecule has 0 fully saturated rings. The summed E-state index contributed by atoms with van der Waals surface area (Å²) in [6, 6.07) is 17.4. The van der Waals surface area contributed by atoms with Gasteiger partial charge in [-0.3, -0.25) is 9.79 Å². The van der Waals surface area contributed by atoms with Gasteiger partial charge in [0.15, 0.2) is 5.96 Å². The lowest BCUT2D eigenvalue weighted by molar-refractivity contribution is 0.0954. The Morgan fingerprint density at radius 1 is 0.963 bits per heavy atom. The van der Waals surface area contributed by atoms with Gasteiger partial charge >= 0.3 is 0 Å². The number of halogens is 1. The van der Waals surface area contributed by atoms with Gasteiger partial charge in [0.05, 0.1) is 10.6 Å². The molecule has 0 aliphatic rings. The topological polar surface area (TPSA) is 65.5 Å². The Morgan fingerprint density at radius 2 is 1.67 bits per heavy atom. The van der Waals surface area contributed by atoms with Crippen molar-refractivity contribution in [1.29, 1.82) is 0 Å². The fourth-order valence-corrected chi connectivity index (χ4v) is 2.78. The second-order valence-corrected chi connectivity index (χ2v) is 6.42. The van der Waals surface area contributed by atoms with E-state index in [0.29, 0.717) is 23.7 Å². The number of carbonyl (C=O) groups excluding carboxylic acids is 1. The zero-order chi connectivity index (χ0) is 19.3. The van der Waals surface area contributed by atoms with Crippen LogP contribution >= 0.6 is 11.6 Å². The first-order chi connectivity index (χ1) is 13.2. The fraction of sp³-hybridized carbons (Fsp3) is 0.333. The molecule has 0 aliphatic carbocycles. The highest BCUT2D eigenvalue weighted by Crippen LogP contribution is 2.14. The van der Waals surface area contributed by atoms with Crippen molar-refractivity contribution in [3.63, 3.8) is 0 Å². The van der Waals surface area contributed by atoms with Gasteiger partial charge in [-0.15, -0.1) is 0 Å². The van der Waals surface area contributed by atoms with Crippen LogP contribution in [0.25, 0.3) is 0 Å². The Labute approximate surface area is 166 Å². The number of aryl methyl sites for hydroxylation is 1. The van der Waals surface area contributed by atoms with Crippen molar-refractivity contribution in [3.8, 4) is 0 Å².